The zero-order valence-electron chi connectivity index (χ0n) is 16.1. The van der Waals surface area contributed by atoms with Crippen LogP contribution in [0, 0.1) is 5.92 Å². The molecule has 0 bridgehead atoms. The first-order valence-corrected chi connectivity index (χ1v) is 9.21. The van der Waals surface area contributed by atoms with Crippen LogP contribution < -0.4 is 5.32 Å². The molecule has 148 valence electrons. The zero-order valence-corrected chi connectivity index (χ0v) is 16.1. The minimum Gasteiger partial charge on any atom is -0.480 e. The molecular weight excluding hydrogens is 348 g/mol. The maximum Gasteiger partial charge on any atom is 0.410 e. The summed E-state index contributed by atoms with van der Waals surface area (Å²) in [5, 5.41) is 12.1. The Hall–Kier alpha value is -2.57. The molecular formula is C20H28N2O5. The second-order valence-electron chi connectivity index (χ2n) is 7.83. The van der Waals surface area contributed by atoms with E-state index in [-0.39, 0.29) is 24.3 Å². The number of ether oxygens (including phenoxy) is 1. The van der Waals surface area contributed by atoms with Gasteiger partial charge in [-0.25, -0.2) is 9.59 Å². The fraction of sp³-hybridized carbons (Fsp3) is 0.550. The molecule has 0 radical (unpaired) electrons. The van der Waals surface area contributed by atoms with E-state index in [1.807, 2.05) is 51.1 Å². The minimum absolute atomic E-state index is 0.235. The monoisotopic (exact) mass is 376 g/mol. The van der Waals surface area contributed by atoms with Crippen molar-refractivity contribution in [2.24, 2.45) is 5.92 Å². The number of aliphatic carboxylic acids is 1. The highest BCUT2D eigenvalue weighted by Crippen LogP contribution is 2.20. The van der Waals surface area contributed by atoms with Gasteiger partial charge in [0.05, 0.1) is 0 Å². The summed E-state index contributed by atoms with van der Waals surface area (Å²) in [7, 11) is 0. The lowest BCUT2D eigenvalue weighted by Gasteiger charge is -2.33. The molecule has 7 heteroatoms. The lowest BCUT2D eigenvalue weighted by molar-refractivity contribution is -0.142. The van der Waals surface area contributed by atoms with Crippen molar-refractivity contribution in [3.63, 3.8) is 0 Å². The largest absolute Gasteiger partial charge is 0.480 e. The maximum absolute atomic E-state index is 12.5. The highest BCUT2D eigenvalue weighted by molar-refractivity contribution is 5.85. The molecule has 2 N–H and O–H groups in total. The van der Waals surface area contributed by atoms with Crippen molar-refractivity contribution in [3.8, 4) is 0 Å². The number of carbonyl (C=O) groups is 3. The molecule has 1 aromatic carbocycles. The van der Waals surface area contributed by atoms with Crippen LogP contribution >= 0.6 is 0 Å². The predicted molar refractivity (Wildman–Crippen MR) is 100 cm³/mol. The van der Waals surface area contributed by atoms with Crippen LogP contribution in [0.15, 0.2) is 30.3 Å². The summed E-state index contributed by atoms with van der Waals surface area (Å²) in [6, 6.07) is 8.23. The smallest absolute Gasteiger partial charge is 0.410 e. The third-order valence-corrected chi connectivity index (χ3v) is 4.41. The highest BCUT2D eigenvalue weighted by atomic mass is 16.6. The van der Waals surface area contributed by atoms with Gasteiger partial charge in [-0.2, -0.15) is 0 Å². The van der Waals surface area contributed by atoms with Crippen molar-refractivity contribution in [2.75, 3.05) is 13.1 Å². The van der Waals surface area contributed by atoms with Gasteiger partial charge >= 0.3 is 12.1 Å². The second kappa shape index (κ2) is 8.88. The molecule has 27 heavy (non-hydrogen) atoms. The van der Waals surface area contributed by atoms with Crippen LogP contribution in [0.1, 0.15) is 39.2 Å². The summed E-state index contributed by atoms with van der Waals surface area (Å²) in [6.07, 6.45) is 0.832. The minimum atomic E-state index is -1.06. The summed E-state index contributed by atoms with van der Waals surface area (Å²) in [4.78, 5) is 37.7. The van der Waals surface area contributed by atoms with E-state index in [2.05, 4.69) is 5.32 Å². The molecule has 0 aliphatic carbocycles. The van der Waals surface area contributed by atoms with E-state index in [4.69, 9.17) is 4.74 Å². The van der Waals surface area contributed by atoms with Gasteiger partial charge in [0.25, 0.3) is 0 Å². The Morgan fingerprint density at radius 1 is 1.19 bits per heavy atom. The zero-order chi connectivity index (χ0) is 20.0. The van der Waals surface area contributed by atoms with E-state index >= 15 is 0 Å². The second-order valence-corrected chi connectivity index (χ2v) is 7.83. The Balaban J connectivity index is 1.87. The van der Waals surface area contributed by atoms with E-state index in [0.717, 1.165) is 5.56 Å². The van der Waals surface area contributed by atoms with Gasteiger partial charge < -0.3 is 20.1 Å². The van der Waals surface area contributed by atoms with Crippen LogP contribution in [0.2, 0.25) is 0 Å². The lowest BCUT2D eigenvalue weighted by Crippen LogP contribution is -2.48. The Bertz CT molecular complexity index is 661. The van der Waals surface area contributed by atoms with E-state index in [1.54, 1.807) is 4.90 Å². The summed E-state index contributed by atoms with van der Waals surface area (Å²) in [6.45, 7) is 6.27. The van der Waals surface area contributed by atoms with Crippen molar-refractivity contribution in [1.82, 2.24) is 10.2 Å². The van der Waals surface area contributed by atoms with Gasteiger partial charge in [0, 0.05) is 25.4 Å². The van der Waals surface area contributed by atoms with Gasteiger partial charge in [-0.1, -0.05) is 30.3 Å². The van der Waals surface area contributed by atoms with E-state index in [0.29, 0.717) is 25.9 Å². The van der Waals surface area contributed by atoms with Gasteiger partial charge in [0.15, 0.2) is 0 Å². The molecule has 1 heterocycles. The first kappa shape index (κ1) is 20.7. The first-order valence-electron chi connectivity index (χ1n) is 9.21. The van der Waals surface area contributed by atoms with Crippen LogP contribution in [0.3, 0.4) is 0 Å². The summed E-state index contributed by atoms with van der Waals surface area (Å²) in [5.74, 6) is -1.64. The fourth-order valence-corrected chi connectivity index (χ4v) is 2.99. The maximum atomic E-state index is 12.5. The number of hydrogen-bond donors (Lipinski definition) is 2. The quantitative estimate of drug-likeness (QED) is 0.823. The number of nitrogens with one attached hydrogen (secondary N) is 1. The number of carboxylic acids is 1. The molecule has 0 saturated carbocycles. The van der Waals surface area contributed by atoms with Gasteiger partial charge in [0.2, 0.25) is 5.91 Å². The molecule has 1 saturated heterocycles. The van der Waals surface area contributed by atoms with Crippen LogP contribution in [-0.2, 0) is 20.7 Å². The normalized spacial score (nSPS) is 16.5. The van der Waals surface area contributed by atoms with Gasteiger partial charge in [-0.3, -0.25) is 4.79 Å². The number of piperidine rings is 1. The summed E-state index contributed by atoms with van der Waals surface area (Å²) in [5.41, 5.74) is 0.294. The Morgan fingerprint density at radius 2 is 1.78 bits per heavy atom. The number of amides is 2. The third kappa shape index (κ3) is 6.58. The number of likely N-dealkylation sites (tertiary alicyclic amines) is 1. The molecule has 0 aromatic heterocycles. The molecule has 0 spiro atoms. The van der Waals surface area contributed by atoms with Crippen molar-refractivity contribution < 1.29 is 24.2 Å². The molecule has 0 unspecified atom stereocenters. The molecule has 1 aliphatic rings. The number of carbonyl (C=O) groups excluding carboxylic acids is 2. The van der Waals surface area contributed by atoms with Crippen LogP contribution in [0.4, 0.5) is 4.79 Å². The lowest BCUT2D eigenvalue weighted by atomic mass is 9.95. The van der Waals surface area contributed by atoms with Gasteiger partial charge in [-0.05, 0) is 39.2 Å². The van der Waals surface area contributed by atoms with E-state index < -0.39 is 17.6 Å². The standard InChI is InChI=1S/C20H28N2O5/c1-20(2,3)27-19(26)22-11-9-15(10-12-22)17(23)21-16(18(24)25)13-14-7-5-4-6-8-14/h4-8,15-16H,9-13H2,1-3H3,(H,21,23)(H,24,25)/t16-/m1/s1. The molecule has 1 atom stereocenters. The highest BCUT2D eigenvalue weighted by Gasteiger charge is 2.31. The van der Waals surface area contributed by atoms with Crippen molar-refractivity contribution >= 4 is 18.0 Å². The topological polar surface area (TPSA) is 95.9 Å². The van der Waals surface area contributed by atoms with Gasteiger partial charge in [-0.15, -0.1) is 0 Å². The van der Waals surface area contributed by atoms with Gasteiger partial charge in [0.1, 0.15) is 11.6 Å². The molecule has 7 nitrogen and oxygen atoms in total. The third-order valence-electron chi connectivity index (χ3n) is 4.41. The Kier molecular flexibility index (Phi) is 6.82. The average molecular weight is 376 g/mol. The van der Waals surface area contributed by atoms with E-state index in [9.17, 15) is 19.5 Å². The number of rotatable bonds is 5. The predicted octanol–water partition coefficient (Wildman–Crippen LogP) is 2.45. The average Bonchev–Trinajstić information content (AvgIpc) is 2.60. The van der Waals surface area contributed by atoms with Crippen molar-refractivity contribution in [2.45, 2.75) is 51.7 Å². The van der Waals surface area contributed by atoms with E-state index in [1.165, 1.54) is 0 Å². The van der Waals surface area contributed by atoms with Crippen LogP contribution in [0.5, 0.6) is 0 Å². The Labute approximate surface area is 159 Å². The number of nitrogens with zero attached hydrogens (tertiary/aromatic N) is 1. The molecule has 2 amide bonds. The van der Waals surface area contributed by atoms with Crippen LogP contribution in [-0.4, -0.2) is 52.7 Å². The van der Waals surface area contributed by atoms with Crippen LogP contribution in [0.25, 0.3) is 0 Å². The Morgan fingerprint density at radius 3 is 2.30 bits per heavy atom. The number of hydrogen-bond acceptors (Lipinski definition) is 4. The summed E-state index contributed by atoms with van der Waals surface area (Å²) >= 11 is 0. The van der Waals surface area contributed by atoms with Crippen molar-refractivity contribution in [3.05, 3.63) is 35.9 Å². The number of benzene rings is 1. The fourth-order valence-electron chi connectivity index (χ4n) is 2.99. The molecule has 1 aliphatic heterocycles. The first-order chi connectivity index (χ1) is 12.7. The van der Waals surface area contributed by atoms with Crippen molar-refractivity contribution in [1.29, 1.82) is 0 Å². The molecule has 1 fully saturated rings. The molecule has 1 aromatic rings. The molecule has 2 rings (SSSR count). The number of carboxylic acid groups (broad SMARTS) is 1. The summed E-state index contributed by atoms with van der Waals surface area (Å²) < 4.78 is 5.34. The SMILES string of the molecule is CC(C)(C)OC(=O)N1CCC(C(=O)N[C@H](Cc2ccccc2)C(=O)O)CC1.